The van der Waals surface area contributed by atoms with E-state index in [0.717, 1.165) is 46.0 Å². The number of hydrogen-bond donors (Lipinski definition) is 6. The summed E-state index contributed by atoms with van der Waals surface area (Å²) >= 11 is 3.34. The maximum atomic E-state index is 14.4. The van der Waals surface area contributed by atoms with Crippen LogP contribution in [0.3, 0.4) is 0 Å². The second-order valence-electron chi connectivity index (χ2n) is 14.0. The number of aromatic nitrogens is 1. The van der Waals surface area contributed by atoms with Crippen LogP contribution in [0.4, 0.5) is 34.6 Å². The van der Waals surface area contributed by atoms with Gasteiger partial charge < -0.3 is 40.2 Å². The van der Waals surface area contributed by atoms with Gasteiger partial charge in [0.05, 0.1) is 40.2 Å². The molecule has 1 aliphatic rings. The first-order chi connectivity index (χ1) is 31.2. The molecule has 3 atom stereocenters. The summed E-state index contributed by atoms with van der Waals surface area (Å²) in [6, 6.07) is 13.8. The first-order valence-corrected chi connectivity index (χ1v) is 22.3. The number of thiazole rings is 1. The smallest absolute Gasteiger partial charge is 0.247 e. The highest BCUT2D eigenvalue weighted by molar-refractivity contribution is 8.06. The van der Waals surface area contributed by atoms with Crippen molar-refractivity contribution in [1.82, 2.24) is 20.9 Å². The second kappa shape index (κ2) is 27.9. The van der Waals surface area contributed by atoms with Gasteiger partial charge in [-0.05, 0) is 98.4 Å². The van der Waals surface area contributed by atoms with Crippen LogP contribution in [-0.2, 0) is 25.6 Å². The van der Waals surface area contributed by atoms with Crippen molar-refractivity contribution in [2.75, 3.05) is 35.1 Å². The van der Waals surface area contributed by atoms with Crippen LogP contribution in [0.25, 0.3) is 10.2 Å². The fraction of sp³-hybridized carbons (Fsp3) is 0.239. The summed E-state index contributed by atoms with van der Waals surface area (Å²) in [7, 11) is 1.91. The summed E-state index contributed by atoms with van der Waals surface area (Å²) in [5, 5.41) is 12.7. The Balaban J connectivity index is 0.000000736. The second-order valence-corrected chi connectivity index (χ2v) is 16.3. The Morgan fingerprint density at radius 1 is 1.00 bits per heavy atom. The molecule has 5 rings (SSSR count). The van der Waals surface area contributed by atoms with Crippen molar-refractivity contribution in [3.63, 3.8) is 0 Å². The summed E-state index contributed by atoms with van der Waals surface area (Å²) in [4.78, 5) is 54.9. The number of carbonyl (C=O) groups is 4. The van der Waals surface area contributed by atoms with Crippen LogP contribution in [0.2, 0.25) is 0 Å². The molecule has 12 nitrogen and oxygen atoms in total. The molecule has 346 valence electrons. The average Bonchev–Trinajstić information content (AvgIpc) is 3.74. The summed E-state index contributed by atoms with van der Waals surface area (Å²) < 4.78 is 69.6. The van der Waals surface area contributed by atoms with Crippen molar-refractivity contribution in [2.45, 2.75) is 45.7 Å². The molecule has 1 heterocycles. The molecule has 19 heteroatoms. The number of anilines is 3. The van der Waals surface area contributed by atoms with Gasteiger partial charge in [-0.1, -0.05) is 42.6 Å². The van der Waals surface area contributed by atoms with E-state index in [0.29, 0.717) is 35.2 Å². The number of allylic oxidation sites excluding steroid dienone is 7. The van der Waals surface area contributed by atoms with E-state index in [-0.39, 0.29) is 12.8 Å². The van der Waals surface area contributed by atoms with Crippen LogP contribution in [-0.4, -0.2) is 66.3 Å². The van der Waals surface area contributed by atoms with Crippen LogP contribution in [0.5, 0.6) is 0 Å². The van der Waals surface area contributed by atoms with E-state index in [2.05, 4.69) is 49.7 Å². The molecule has 0 radical (unpaired) electrons. The number of benzene rings is 3. The zero-order chi connectivity index (χ0) is 47.9. The molecule has 1 aliphatic carbocycles. The van der Waals surface area contributed by atoms with E-state index in [4.69, 9.17) is 4.79 Å². The summed E-state index contributed by atoms with van der Waals surface area (Å²) in [6.45, 7) is 10.1. The van der Waals surface area contributed by atoms with Crippen molar-refractivity contribution < 1.29 is 41.3 Å². The monoisotopic (exact) mass is 953 g/mol. The largest absolute Gasteiger partial charge is 0.388 e. The number of para-hydroxylation sites is 2. The number of thioether (sulfide) groups is 1. The Bertz CT molecular complexity index is 2390. The van der Waals surface area contributed by atoms with Gasteiger partial charge in [0, 0.05) is 54.4 Å². The summed E-state index contributed by atoms with van der Waals surface area (Å²) in [5.74, 6) is -6.35. The molecule has 0 saturated carbocycles. The summed E-state index contributed by atoms with van der Waals surface area (Å²) in [5.41, 5.74) is 5.84. The topological polar surface area (TPSA) is 165 Å². The highest BCUT2D eigenvalue weighted by Gasteiger charge is 2.32. The molecular formula is C46H51F4N7O5S3. The average molecular weight is 954 g/mol. The van der Waals surface area contributed by atoms with Gasteiger partial charge in [0.1, 0.15) is 48.3 Å². The van der Waals surface area contributed by atoms with E-state index < -0.39 is 72.1 Å². The lowest BCUT2D eigenvalue weighted by Gasteiger charge is -2.29. The molecule has 1 aromatic heterocycles. The molecular weight excluding hydrogens is 903 g/mol. The predicted molar refractivity (Wildman–Crippen MR) is 257 cm³/mol. The third-order valence-corrected chi connectivity index (χ3v) is 11.2. The SMILES string of the molecule is C=CSC(/C=C\C)=C(C)/C=C/NC(=O)C(NC(=O)CN(CC(=O)N[C@H](C)Cc1cc(F)cc(F)c1)c1ccccc1NSO)C1C=C(F)C=C(F)C1.C=O.CNc1ccc2scnc2c1. The lowest BCUT2D eigenvalue weighted by atomic mass is 9.91. The van der Waals surface area contributed by atoms with Crippen LogP contribution in [0.1, 0.15) is 32.8 Å². The highest BCUT2D eigenvalue weighted by atomic mass is 32.2. The minimum Gasteiger partial charge on any atom is -0.388 e. The maximum Gasteiger partial charge on any atom is 0.247 e. The van der Waals surface area contributed by atoms with E-state index in [1.165, 1.54) is 27.6 Å². The lowest BCUT2D eigenvalue weighted by molar-refractivity contribution is -0.129. The molecule has 4 aromatic rings. The van der Waals surface area contributed by atoms with Gasteiger partial charge >= 0.3 is 0 Å². The fourth-order valence-corrected chi connectivity index (χ4v) is 7.97. The molecule has 3 amide bonds. The van der Waals surface area contributed by atoms with E-state index in [1.807, 2.05) is 51.4 Å². The zero-order valence-electron chi connectivity index (χ0n) is 36.1. The van der Waals surface area contributed by atoms with Crippen LogP contribution >= 0.6 is 35.3 Å². The Hall–Kier alpha value is -6.15. The normalized spacial score (nSPS) is 14.6. The van der Waals surface area contributed by atoms with Crippen LogP contribution in [0.15, 0.2) is 137 Å². The van der Waals surface area contributed by atoms with Crippen LogP contribution in [0, 0.1) is 17.6 Å². The van der Waals surface area contributed by atoms with Crippen LogP contribution < -0.4 is 30.9 Å². The van der Waals surface area contributed by atoms with Crippen molar-refractivity contribution in [2.24, 2.45) is 5.92 Å². The Morgan fingerprint density at radius 2 is 1.69 bits per heavy atom. The van der Waals surface area contributed by atoms with Crippen molar-refractivity contribution in [3.05, 3.63) is 154 Å². The molecule has 0 spiro atoms. The first kappa shape index (κ1) is 53.2. The number of carbonyl (C=O) groups excluding carboxylic acids is 4. The third kappa shape index (κ3) is 17.7. The standard InChI is InChI=1S/C37H41F4N5O4S2.C8H8N2S.CH2O/c1-5-9-33(51-6-2)23(3)12-13-42-37(49)36(26-17-29(40)20-30(41)18-26)44-35(48)22-46(32-11-8-7-10-31(32)45-52-50)21-34(47)43-24(4)14-25-15-27(38)19-28(39)16-25;1-9-6-2-3-8-7(4-6)10-5-11-8;1-2/h5-13,15-17,19-20,24,26,36,45,50H,2,14,18,21-22H2,1,3-4H3,(H,42,49)(H,43,47)(H,44,48);2-5,9H,1H3;1H2/b9-5-,13-12+,33-23+;;/t24-,26?,36?;;/m1../s1. The van der Waals surface area contributed by atoms with Crippen molar-refractivity contribution in [3.8, 4) is 0 Å². The van der Waals surface area contributed by atoms with Gasteiger partial charge in [-0.2, -0.15) is 0 Å². The Kier molecular flexibility index (Phi) is 22.8. The van der Waals surface area contributed by atoms with Gasteiger partial charge in [0.15, 0.2) is 0 Å². The Labute approximate surface area is 388 Å². The number of hydrogen-bond acceptors (Lipinski definition) is 12. The number of amides is 3. The third-order valence-electron chi connectivity index (χ3n) is 9.16. The first-order valence-electron chi connectivity index (χ1n) is 19.8. The lowest BCUT2D eigenvalue weighted by Crippen LogP contribution is -2.53. The zero-order valence-corrected chi connectivity index (χ0v) is 38.5. The summed E-state index contributed by atoms with van der Waals surface area (Å²) in [6.07, 6.45) is 8.24. The van der Waals surface area contributed by atoms with Gasteiger partial charge in [0.25, 0.3) is 0 Å². The molecule has 0 fully saturated rings. The van der Waals surface area contributed by atoms with E-state index >= 15 is 0 Å². The quantitative estimate of drug-likeness (QED) is 0.0230. The van der Waals surface area contributed by atoms with Crippen molar-refractivity contribution in [1.29, 1.82) is 0 Å². The van der Waals surface area contributed by atoms with Gasteiger partial charge in [0.2, 0.25) is 17.7 Å². The molecule has 65 heavy (non-hydrogen) atoms. The molecule has 3 aromatic carbocycles. The molecule has 0 bridgehead atoms. The number of nitrogens with one attached hydrogen (secondary N) is 5. The predicted octanol–water partition coefficient (Wildman–Crippen LogP) is 9.77. The highest BCUT2D eigenvalue weighted by Crippen LogP contribution is 2.29. The number of rotatable bonds is 19. The van der Waals surface area contributed by atoms with Gasteiger partial charge in [-0.15, -0.1) is 11.3 Å². The number of nitrogens with zero attached hydrogens (tertiary/aromatic N) is 2. The molecule has 6 N–H and O–H groups in total. The van der Waals surface area contributed by atoms with E-state index in [1.54, 1.807) is 54.0 Å². The number of halogens is 4. The minimum absolute atomic E-state index is 0.112. The maximum absolute atomic E-state index is 14.4. The Morgan fingerprint density at radius 3 is 2.34 bits per heavy atom. The van der Waals surface area contributed by atoms with Gasteiger partial charge in [-0.3, -0.25) is 14.4 Å². The molecule has 0 aliphatic heterocycles. The molecule has 2 unspecified atom stereocenters. The number of fused-ring (bicyclic) bond motifs is 1. The minimum atomic E-state index is -1.42. The molecule has 0 saturated heterocycles. The van der Waals surface area contributed by atoms with Gasteiger partial charge in [-0.25, -0.2) is 22.5 Å². The van der Waals surface area contributed by atoms with Crippen molar-refractivity contribution >= 4 is 87.1 Å². The fourth-order valence-electron chi connectivity index (χ4n) is 6.40. The van der Waals surface area contributed by atoms with E-state index in [9.17, 15) is 36.5 Å².